The fourth-order valence-corrected chi connectivity index (χ4v) is 7.81. The first kappa shape index (κ1) is 26.5. The Labute approximate surface area is 236 Å². The predicted molar refractivity (Wildman–Crippen MR) is 156 cm³/mol. The molecule has 6 rings (SSSR count). The largest absolute Gasteiger partial charge is 0.366 e. The number of aromatic nitrogens is 4. The third-order valence-corrected chi connectivity index (χ3v) is 10.4. The fourth-order valence-electron chi connectivity index (χ4n) is 4.98. The van der Waals surface area contributed by atoms with Crippen molar-refractivity contribution in [2.24, 2.45) is 0 Å². The number of aryl methyl sites for hydroxylation is 1. The molecule has 1 aliphatic rings. The molecular weight excluding hydrogens is 546 g/mol. The molecule has 0 radical (unpaired) electrons. The number of hydrogen-bond acceptors (Lipinski definition) is 10. The summed E-state index contributed by atoms with van der Waals surface area (Å²) in [7, 11) is -3.57. The molecule has 0 bridgehead atoms. The number of nitrogens with one attached hydrogen (secondary N) is 1. The summed E-state index contributed by atoms with van der Waals surface area (Å²) in [6, 6.07) is 15.4. The number of anilines is 1. The first-order valence-corrected chi connectivity index (χ1v) is 15.3. The van der Waals surface area contributed by atoms with Crippen LogP contribution in [-0.2, 0) is 10.0 Å². The van der Waals surface area contributed by atoms with Gasteiger partial charge in [0.2, 0.25) is 0 Å². The van der Waals surface area contributed by atoms with Gasteiger partial charge in [-0.1, -0.05) is 17.3 Å². The zero-order valence-electron chi connectivity index (χ0n) is 22.2. The Kier molecular flexibility index (Phi) is 7.32. The van der Waals surface area contributed by atoms with E-state index in [-0.39, 0.29) is 6.04 Å². The van der Waals surface area contributed by atoms with Gasteiger partial charge in [0.15, 0.2) is 5.76 Å². The van der Waals surface area contributed by atoms with Crippen molar-refractivity contribution in [3.8, 4) is 21.8 Å². The Morgan fingerprint density at radius 3 is 2.60 bits per heavy atom. The Morgan fingerprint density at radius 2 is 1.85 bits per heavy atom. The summed E-state index contributed by atoms with van der Waals surface area (Å²) in [4.78, 5) is 16.2. The minimum atomic E-state index is -3.57. The number of benzene rings is 1. The monoisotopic (exact) mass is 575 g/mol. The number of fused-ring (bicyclic) bond motifs is 1. The van der Waals surface area contributed by atoms with Crippen LogP contribution in [0.4, 0.5) is 5.82 Å². The molecule has 5 heterocycles. The number of nitrogens with zero attached hydrogens (tertiary/aromatic N) is 6. The molecule has 1 aromatic carbocycles. The summed E-state index contributed by atoms with van der Waals surface area (Å²) < 4.78 is 33.8. The van der Waals surface area contributed by atoms with Crippen molar-refractivity contribution >= 4 is 38.1 Å². The van der Waals surface area contributed by atoms with E-state index in [1.807, 2.05) is 31.2 Å². The van der Waals surface area contributed by atoms with Crippen molar-refractivity contribution in [1.29, 1.82) is 0 Å². The summed E-state index contributed by atoms with van der Waals surface area (Å²) in [6.07, 6.45) is 5.14. The van der Waals surface area contributed by atoms with Gasteiger partial charge in [-0.15, -0.1) is 11.3 Å². The molecule has 5 aromatic rings. The molecule has 0 spiro atoms. The molecule has 1 fully saturated rings. The Bertz CT molecular complexity index is 1730. The van der Waals surface area contributed by atoms with Gasteiger partial charge in [-0.2, -0.15) is 4.31 Å². The van der Waals surface area contributed by atoms with Crippen LogP contribution in [0.2, 0.25) is 0 Å². The summed E-state index contributed by atoms with van der Waals surface area (Å²) >= 11 is 1.21. The summed E-state index contributed by atoms with van der Waals surface area (Å²) in [5.74, 6) is 1.37. The molecule has 1 saturated heterocycles. The zero-order valence-corrected chi connectivity index (χ0v) is 23.8. The van der Waals surface area contributed by atoms with Gasteiger partial charge in [-0.25, -0.2) is 18.4 Å². The smallest absolute Gasteiger partial charge is 0.252 e. The van der Waals surface area contributed by atoms with Crippen LogP contribution in [0.1, 0.15) is 12.6 Å². The SMILES string of the molecule is Cc1cc(-c2ccc(S(=O)(=O)N3CCN(CC(C)Nc4ncnc5c(-c6ccncc6)cccc45)CC3)s2)on1. The van der Waals surface area contributed by atoms with Crippen LogP contribution in [0.15, 0.2) is 76.0 Å². The van der Waals surface area contributed by atoms with E-state index < -0.39 is 10.0 Å². The fraction of sp³-hybridized carbons (Fsp3) is 0.286. The first-order chi connectivity index (χ1) is 19.4. The maximum Gasteiger partial charge on any atom is 0.252 e. The number of pyridine rings is 1. The molecule has 12 heteroatoms. The van der Waals surface area contributed by atoms with E-state index in [1.165, 1.54) is 11.3 Å². The highest BCUT2D eigenvalue weighted by molar-refractivity contribution is 7.91. The van der Waals surface area contributed by atoms with Crippen molar-refractivity contribution in [3.05, 3.63) is 72.9 Å². The van der Waals surface area contributed by atoms with Crippen molar-refractivity contribution < 1.29 is 12.9 Å². The second-order valence-electron chi connectivity index (χ2n) is 9.86. The highest BCUT2D eigenvalue weighted by Crippen LogP contribution is 2.33. The maximum atomic E-state index is 13.3. The van der Waals surface area contributed by atoms with Gasteiger partial charge in [0.05, 0.1) is 16.1 Å². The van der Waals surface area contributed by atoms with Crippen LogP contribution in [0.25, 0.3) is 32.7 Å². The van der Waals surface area contributed by atoms with Gasteiger partial charge in [-0.05, 0) is 49.7 Å². The van der Waals surface area contributed by atoms with E-state index in [9.17, 15) is 8.42 Å². The lowest BCUT2D eigenvalue weighted by atomic mass is 10.0. The van der Waals surface area contributed by atoms with Crippen LogP contribution in [0.3, 0.4) is 0 Å². The minimum absolute atomic E-state index is 0.0936. The normalized spacial score (nSPS) is 15.8. The third-order valence-electron chi connectivity index (χ3n) is 6.95. The van der Waals surface area contributed by atoms with Gasteiger partial charge in [0.1, 0.15) is 16.4 Å². The zero-order chi connectivity index (χ0) is 27.7. The quantitative estimate of drug-likeness (QED) is 0.285. The predicted octanol–water partition coefficient (Wildman–Crippen LogP) is 4.52. The minimum Gasteiger partial charge on any atom is -0.366 e. The molecule has 0 aliphatic carbocycles. The standard InChI is InChI=1S/C28H29N7O3S2/c1-19-16-24(38-33-19)25-6-7-26(39-25)40(36,37)35-14-12-34(13-15-35)17-20(2)32-28-23-5-3-4-22(27(23)30-18-31-28)21-8-10-29-11-9-21/h3-11,16,18,20H,12-15,17H2,1-2H3,(H,30,31,32). The molecule has 1 N–H and O–H groups in total. The van der Waals surface area contributed by atoms with E-state index in [0.29, 0.717) is 36.1 Å². The van der Waals surface area contributed by atoms with E-state index in [1.54, 1.807) is 41.2 Å². The molecule has 1 unspecified atom stereocenters. The number of sulfonamides is 1. The molecule has 0 amide bonds. The molecule has 1 aliphatic heterocycles. The van der Waals surface area contributed by atoms with E-state index in [4.69, 9.17) is 4.52 Å². The number of rotatable bonds is 8. The second-order valence-corrected chi connectivity index (χ2v) is 13.1. The number of hydrogen-bond donors (Lipinski definition) is 1. The van der Waals surface area contributed by atoms with Crippen LogP contribution in [0, 0.1) is 6.92 Å². The maximum absolute atomic E-state index is 13.3. The lowest BCUT2D eigenvalue weighted by molar-refractivity contribution is 0.184. The molecule has 1 atom stereocenters. The van der Waals surface area contributed by atoms with Crippen LogP contribution < -0.4 is 5.32 Å². The van der Waals surface area contributed by atoms with Crippen molar-refractivity contribution in [3.63, 3.8) is 0 Å². The first-order valence-electron chi connectivity index (χ1n) is 13.1. The van der Waals surface area contributed by atoms with Gasteiger partial charge < -0.3 is 9.84 Å². The average Bonchev–Trinajstić information content (AvgIpc) is 3.64. The van der Waals surface area contributed by atoms with Crippen molar-refractivity contribution in [2.75, 3.05) is 38.0 Å². The van der Waals surface area contributed by atoms with Gasteiger partial charge in [0, 0.05) is 68.2 Å². The van der Waals surface area contributed by atoms with Crippen molar-refractivity contribution in [2.45, 2.75) is 24.1 Å². The van der Waals surface area contributed by atoms with E-state index in [2.05, 4.69) is 43.3 Å². The van der Waals surface area contributed by atoms with Crippen LogP contribution in [-0.4, -0.2) is 76.5 Å². The lowest BCUT2D eigenvalue weighted by Gasteiger charge is -2.35. The Balaban J connectivity index is 1.09. The van der Waals surface area contributed by atoms with Crippen LogP contribution in [0.5, 0.6) is 0 Å². The third kappa shape index (κ3) is 5.35. The summed E-state index contributed by atoms with van der Waals surface area (Å²) in [5.41, 5.74) is 3.73. The lowest BCUT2D eigenvalue weighted by Crippen LogP contribution is -2.50. The average molecular weight is 576 g/mol. The van der Waals surface area contributed by atoms with Gasteiger partial charge in [-0.3, -0.25) is 9.88 Å². The molecule has 4 aromatic heterocycles. The van der Waals surface area contributed by atoms with Gasteiger partial charge in [0.25, 0.3) is 10.0 Å². The van der Waals surface area contributed by atoms with E-state index >= 15 is 0 Å². The second kappa shape index (κ2) is 11.0. The molecule has 10 nitrogen and oxygen atoms in total. The topological polar surface area (TPSA) is 117 Å². The summed E-state index contributed by atoms with van der Waals surface area (Å²) in [6.45, 7) is 6.90. The van der Waals surface area contributed by atoms with E-state index in [0.717, 1.165) is 45.0 Å². The highest BCUT2D eigenvalue weighted by Gasteiger charge is 2.30. The molecular formula is C28H29N7O3S2. The molecule has 206 valence electrons. The highest BCUT2D eigenvalue weighted by atomic mass is 32.2. The number of thiophene rings is 1. The van der Waals surface area contributed by atoms with Crippen LogP contribution >= 0.6 is 11.3 Å². The Morgan fingerprint density at radius 1 is 1.05 bits per heavy atom. The number of piperazine rings is 1. The Hall–Kier alpha value is -3.71. The summed E-state index contributed by atoms with van der Waals surface area (Å²) in [5, 5.41) is 8.40. The number of para-hydroxylation sites is 1. The van der Waals surface area contributed by atoms with Crippen molar-refractivity contribution in [1.82, 2.24) is 29.3 Å². The van der Waals surface area contributed by atoms with Gasteiger partial charge >= 0.3 is 0 Å². The molecule has 40 heavy (non-hydrogen) atoms. The molecule has 0 saturated carbocycles.